The lowest BCUT2D eigenvalue weighted by Crippen LogP contribution is -2.47. The highest BCUT2D eigenvalue weighted by molar-refractivity contribution is 7.45. The maximum Gasteiger partial charge on any atom is 0.306 e. The van der Waals surface area contributed by atoms with Gasteiger partial charge in [0, 0.05) is 12.8 Å². The molecule has 0 saturated heterocycles. The molecule has 0 aliphatic carbocycles. The largest absolute Gasteiger partial charge is 0.756 e. The highest BCUT2D eigenvalue weighted by atomic mass is 31.2. The quantitative estimate of drug-likeness (QED) is 0.0212. The normalized spacial score (nSPS) is 14.4. The molecule has 0 rings (SSSR count). The number of quaternary nitrogens is 1. The van der Waals surface area contributed by atoms with Gasteiger partial charge in [-0.3, -0.25) is 14.2 Å². The Hall–Kier alpha value is -2.29. The number of allylic oxidation sites excluding steroid dienone is 9. The Morgan fingerprint density at radius 3 is 1.51 bits per heavy atom. The van der Waals surface area contributed by atoms with Crippen LogP contribution in [0.4, 0.5) is 0 Å². The minimum Gasteiger partial charge on any atom is -0.756 e. The molecule has 1 amide bonds. The van der Waals surface area contributed by atoms with Crippen molar-refractivity contribution >= 4 is 19.7 Å². The lowest BCUT2D eigenvalue weighted by atomic mass is 10.1. The molecular formula is C55H101N2O7P. The molecule has 0 aliphatic rings. The van der Waals surface area contributed by atoms with Crippen LogP contribution in [0.2, 0.25) is 0 Å². The maximum atomic E-state index is 13.4. The van der Waals surface area contributed by atoms with Crippen LogP contribution in [0.15, 0.2) is 60.8 Å². The van der Waals surface area contributed by atoms with Crippen LogP contribution in [0.5, 0.6) is 0 Å². The van der Waals surface area contributed by atoms with Gasteiger partial charge in [-0.05, 0) is 89.5 Å². The van der Waals surface area contributed by atoms with Crippen molar-refractivity contribution in [1.82, 2.24) is 5.32 Å². The third kappa shape index (κ3) is 46.6. The smallest absolute Gasteiger partial charge is 0.306 e. The minimum atomic E-state index is -4.70. The standard InChI is InChI=1S/C55H101N2O7P/c1-7-10-13-16-19-22-25-27-29-32-35-38-41-44-47-54(58)56-52(51-63-65(60,61)62-50-49-57(4,5)6)53(46-43-40-37-34-31-24-21-18-15-12-9-3)64-55(59)48-45-42-39-36-33-30-28-26-23-20-17-14-11-8-2/h11,14,20,23,28-30,32,43,46,52-53H,7-10,12-13,15-19,21-22,24-27,31,33-42,44-45,47-51H2,1-6H3,(H-,56,58,60,61)/b14-11+,23-20+,30-28+,32-29-,46-43+. The number of ether oxygens (including phenoxy) is 1. The third-order valence-corrected chi connectivity index (χ3v) is 12.4. The summed E-state index contributed by atoms with van der Waals surface area (Å²) in [6.07, 6.45) is 54.7. The Kier molecular flexibility index (Phi) is 43.9. The Bertz CT molecular complexity index is 1300. The van der Waals surface area contributed by atoms with Crippen LogP contribution in [0.25, 0.3) is 0 Å². The van der Waals surface area contributed by atoms with E-state index in [0.29, 0.717) is 30.3 Å². The van der Waals surface area contributed by atoms with Crippen LogP contribution in [0.1, 0.15) is 226 Å². The molecule has 0 aromatic carbocycles. The molecule has 3 unspecified atom stereocenters. The van der Waals surface area contributed by atoms with Gasteiger partial charge in [0.1, 0.15) is 19.3 Å². The molecule has 378 valence electrons. The van der Waals surface area contributed by atoms with E-state index in [1.807, 2.05) is 33.3 Å². The van der Waals surface area contributed by atoms with Crippen molar-refractivity contribution in [2.75, 3.05) is 40.9 Å². The predicted octanol–water partition coefficient (Wildman–Crippen LogP) is 14.9. The molecular weight excluding hydrogens is 832 g/mol. The van der Waals surface area contributed by atoms with E-state index in [-0.39, 0.29) is 24.9 Å². The number of nitrogens with one attached hydrogen (secondary N) is 1. The first-order valence-corrected chi connectivity index (χ1v) is 28.1. The molecule has 3 atom stereocenters. The Balaban J connectivity index is 5.46. The van der Waals surface area contributed by atoms with Gasteiger partial charge in [0.25, 0.3) is 7.82 Å². The Morgan fingerprint density at radius 1 is 0.554 bits per heavy atom. The molecule has 0 aromatic heterocycles. The fourth-order valence-corrected chi connectivity index (χ4v) is 8.02. The number of phosphoric ester groups is 1. The number of phosphoric acid groups is 1. The molecule has 0 bridgehead atoms. The van der Waals surface area contributed by atoms with Gasteiger partial charge in [0.15, 0.2) is 0 Å². The first kappa shape index (κ1) is 62.7. The number of unbranched alkanes of at least 4 members (excludes halogenated alkanes) is 23. The van der Waals surface area contributed by atoms with Gasteiger partial charge in [0.05, 0.1) is 33.8 Å². The number of amides is 1. The molecule has 0 saturated carbocycles. The summed E-state index contributed by atoms with van der Waals surface area (Å²) in [6.45, 7) is 6.67. The highest BCUT2D eigenvalue weighted by Gasteiger charge is 2.27. The molecule has 0 aromatic rings. The van der Waals surface area contributed by atoms with E-state index in [2.05, 4.69) is 74.7 Å². The molecule has 0 aliphatic heterocycles. The van der Waals surface area contributed by atoms with Crippen LogP contribution < -0.4 is 10.2 Å². The van der Waals surface area contributed by atoms with Crippen molar-refractivity contribution in [2.45, 2.75) is 238 Å². The summed E-state index contributed by atoms with van der Waals surface area (Å²) in [6, 6.07) is -0.904. The van der Waals surface area contributed by atoms with Gasteiger partial charge < -0.3 is 28.5 Å². The fourth-order valence-electron chi connectivity index (χ4n) is 7.29. The molecule has 0 spiro atoms. The lowest BCUT2D eigenvalue weighted by molar-refractivity contribution is -0.870. The topological polar surface area (TPSA) is 114 Å². The number of esters is 1. The highest BCUT2D eigenvalue weighted by Crippen LogP contribution is 2.38. The summed E-state index contributed by atoms with van der Waals surface area (Å²) >= 11 is 0. The Labute approximate surface area is 401 Å². The van der Waals surface area contributed by atoms with Gasteiger partial charge in [-0.15, -0.1) is 0 Å². The third-order valence-electron chi connectivity index (χ3n) is 11.4. The van der Waals surface area contributed by atoms with Crippen molar-refractivity contribution in [2.24, 2.45) is 0 Å². The zero-order valence-corrected chi connectivity index (χ0v) is 43.8. The van der Waals surface area contributed by atoms with Gasteiger partial charge in [-0.1, -0.05) is 185 Å². The second kappa shape index (κ2) is 45.5. The predicted molar refractivity (Wildman–Crippen MR) is 275 cm³/mol. The second-order valence-electron chi connectivity index (χ2n) is 19.0. The first-order chi connectivity index (χ1) is 31.4. The summed E-state index contributed by atoms with van der Waals surface area (Å²) in [5.74, 6) is -0.589. The fraction of sp³-hybridized carbons (Fsp3) is 0.782. The van der Waals surface area contributed by atoms with E-state index in [9.17, 15) is 19.0 Å². The van der Waals surface area contributed by atoms with E-state index in [1.54, 1.807) is 0 Å². The minimum absolute atomic E-state index is 0.0303. The average molecular weight is 933 g/mol. The number of rotatable bonds is 47. The molecule has 0 radical (unpaired) electrons. The van der Waals surface area contributed by atoms with Crippen LogP contribution >= 0.6 is 7.82 Å². The summed E-state index contributed by atoms with van der Waals surface area (Å²) in [5, 5.41) is 2.99. The Morgan fingerprint density at radius 2 is 0.985 bits per heavy atom. The molecule has 1 N–H and O–H groups in total. The van der Waals surface area contributed by atoms with E-state index in [1.165, 1.54) is 89.9 Å². The van der Waals surface area contributed by atoms with Gasteiger partial charge in [0.2, 0.25) is 5.91 Å². The van der Waals surface area contributed by atoms with Crippen LogP contribution in [-0.2, 0) is 27.9 Å². The van der Waals surface area contributed by atoms with E-state index in [4.69, 9.17) is 13.8 Å². The zero-order chi connectivity index (χ0) is 48.0. The van der Waals surface area contributed by atoms with Gasteiger partial charge in [-0.2, -0.15) is 0 Å². The van der Waals surface area contributed by atoms with E-state index >= 15 is 0 Å². The first-order valence-electron chi connectivity index (χ1n) is 26.6. The monoisotopic (exact) mass is 933 g/mol. The number of hydrogen-bond donors (Lipinski definition) is 1. The molecule has 9 nitrogen and oxygen atoms in total. The molecule has 65 heavy (non-hydrogen) atoms. The van der Waals surface area contributed by atoms with Crippen molar-refractivity contribution in [3.63, 3.8) is 0 Å². The summed E-state index contributed by atoms with van der Waals surface area (Å²) in [5.41, 5.74) is 0. The van der Waals surface area contributed by atoms with Crippen LogP contribution in [-0.4, -0.2) is 69.4 Å². The number of nitrogens with zero attached hydrogens (tertiary/aromatic N) is 1. The summed E-state index contributed by atoms with van der Waals surface area (Å²) in [4.78, 5) is 39.7. The number of hydrogen-bond acceptors (Lipinski definition) is 7. The maximum absolute atomic E-state index is 13.4. The van der Waals surface area contributed by atoms with Gasteiger partial charge >= 0.3 is 5.97 Å². The van der Waals surface area contributed by atoms with E-state index < -0.39 is 26.6 Å². The SMILES string of the molecule is CC/C=C/C/C=C/C/C=C/CCCCCCC(=O)OC(/C=C/CCCCCCCCCCC)C(COP(=O)([O-])OCC[N+](C)(C)C)NC(=O)CCCCC/C=C\CCCCCCCCC. The summed E-state index contributed by atoms with van der Waals surface area (Å²) in [7, 11) is 1.16. The van der Waals surface area contributed by atoms with Gasteiger partial charge in [-0.25, -0.2) is 0 Å². The average Bonchev–Trinajstić information content (AvgIpc) is 3.26. The number of likely N-dealkylation sites (N-methyl/N-ethyl adjacent to an activating group) is 1. The number of carbonyl (C=O) groups excluding carboxylic acids is 2. The van der Waals surface area contributed by atoms with Crippen LogP contribution in [0.3, 0.4) is 0 Å². The van der Waals surface area contributed by atoms with Crippen molar-refractivity contribution in [1.29, 1.82) is 0 Å². The van der Waals surface area contributed by atoms with Crippen molar-refractivity contribution in [3.05, 3.63) is 60.8 Å². The molecule has 0 heterocycles. The zero-order valence-electron chi connectivity index (χ0n) is 42.9. The molecule has 0 fully saturated rings. The molecule has 10 heteroatoms. The number of carbonyl (C=O) groups is 2. The summed E-state index contributed by atoms with van der Waals surface area (Å²) < 4.78 is 30.1. The lowest BCUT2D eigenvalue weighted by Gasteiger charge is -2.30. The van der Waals surface area contributed by atoms with Crippen molar-refractivity contribution < 1.29 is 37.3 Å². The second-order valence-corrected chi connectivity index (χ2v) is 20.4. The van der Waals surface area contributed by atoms with E-state index in [0.717, 1.165) is 89.9 Å². The van der Waals surface area contributed by atoms with Crippen LogP contribution in [0, 0.1) is 0 Å². The van der Waals surface area contributed by atoms with Crippen molar-refractivity contribution in [3.8, 4) is 0 Å².